The zero-order valence-electron chi connectivity index (χ0n) is 14.4. The summed E-state index contributed by atoms with van der Waals surface area (Å²) in [4.78, 5) is 12.4. The van der Waals surface area contributed by atoms with Gasteiger partial charge in [0.25, 0.3) is 15.7 Å². The van der Waals surface area contributed by atoms with Crippen LogP contribution in [0.3, 0.4) is 0 Å². The number of nitrogens with zero attached hydrogens (tertiary/aromatic N) is 3. The highest BCUT2D eigenvalue weighted by atomic mass is 32.2. The Kier molecular flexibility index (Phi) is 5.76. The third-order valence-corrected chi connectivity index (χ3v) is 5.57. The van der Waals surface area contributed by atoms with Crippen LogP contribution in [0.1, 0.15) is 5.56 Å². The summed E-state index contributed by atoms with van der Waals surface area (Å²) in [6.07, 6.45) is 0. The molecule has 0 saturated carbocycles. The molecule has 2 rings (SSSR count). The van der Waals surface area contributed by atoms with Crippen molar-refractivity contribution in [1.29, 1.82) is 0 Å². The highest BCUT2D eigenvalue weighted by Gasteiger charge is 2.26. The number of hydrogen-bond donors (Lipinski definition) is 0. The number of hydrogen-bond acceptors (Lipinski definition) is 5. The van der Waals surface area contributed by atoms with E-state index < -0.39 is 14.9 Å². The molecular weight excluding hydrogens is 342 g/mol. The summed E-state index contributed by atoms with van der Waals surface area (Å²) in [5.41, 5.74) is 0.769. The summed E-state index contributed by atoms with van der Waals surface area (Å²) in [7, 11) is -0.0969. The van der Waals surface area contributed by atoms with E-state index in [1.165, 1.54) is 29.4 Å². The van der Waals surface area contributed by atoms with Crippen molar-refractivity contribution in [3.8, 4) is 0 Å². The van der Waals surface area contributed by atoms with Crippen LogP contribution in [-0.4, -0.2) is 45.4 Å². The number of aryl methyl sites for hydroxylation is 1. The van der Waals surface area contributed by atoms with Crippen LogP contribution >= 0.6 is 0 Å². The van der Waals surface area contributed by atoms with Gasteiger partial charge in [-0.15, -0.1) is 0 Å². The average Bonchev–Trinajstić information content (AvgIpc) is 2.55. The van der Waals surface area contributed by atoms with E-state index in [1.807, 2.05) is 25.1 Å². The van der Waals surface area contributed by atoms with E-state index >= 15 is 0 Å². The molecule has 0 unspecified atom stereocenters. The molecule has 0 bridgehead atoms. The molecule has 0 spiro atoms. The van der Waals surface area contributed by atoms with Crippen LogP contribution in [0, 0.1) is 17.0 Å². The highest BCUT2D eigenvalue weighted by molar-refractivity contribution is 7.92. The van der Waals surface area contributed by atoms with Gasteiger partial charge in [0, 0.05) is 24.7 Å². The lowest BCUT2D eigenvalue weighted by Gasteiger charge is -2.26. The SMILES string of the molecule is Cc1cc(S(=O)(=O)N(CCN(C)C)c2ccccc2)ccc1[N+](=O)[O-]. The summed E-state index contributed by atoms with van der Waals surface area (Å²) in [5, 5.41) is 11.0. The van der Waals surface area contributed by atoms with E-state index in [0.29, 0.717) is 17.8 Å². The first-order valence-corrected chi connectivity index (χ1v) is 9.15. The van der Waals surface area contributed by atoms with Gasteiger partial charge in [-0.3, -0.25) is 14.4 Å². The Labute approximate surface area is 147 Å². The quantitative estimate of drug-likeness (QED) is 0.558. The van der Waals surface area contributed by atoms with Gasteiger partial charge in [0.15, 0.2) is 0 Å². The first-order valence-electron chi connectivity index (χ1n) is 7.71. The van der Waals surface area contributed by atoms with E-state index in [4.69, 9.17) is 0 Å². The van der Waals surface area contributed by atoms with Gasteiger partial charge in [0.2, 0.25) is 0 Å². The number of anilines is 1. The van der Waals surface area contributed by atoms with Crippen LogP contribution in [0.15, 0.2) is 53.4 Å². The fourth-order valence-electron chi connectivity index (χ4n) is 2.39. The van der Waals surface area contributed by atoms with Gasteiger partial charge in [-0.2, -0.15) is 0 Å². The second-order valence-corrected chi connectivity index (χ2v) is 7.78. The number of sulfonamides is 1. The molecule has 0 N–H and O–H groups in total. The standard InChI is InChI=1S/C17H21N3O4S/c1-14-13-16(9-10-17(14)20(21)22)25(23,24)19(12-11-18(2)3)15-7-5-4-6-8-15/h4-10,13H,11-12H2,1-3H3. The summed E-state index contributed by atoms with van der Waals surface area (Å²) in [5.74, 6) is 0. The van der Waals surface area contributed by atoms with Crippen LogP contribution < -0.4 is 4.31 Å². The zero-order chi connectivity index (χ0) is 18.6. The molecule has 134 valence electrons. The monoisotopic (exact) mass is 363 g/mol. The zero-order valence-corrected chi connectivity index (χ0v) is 15.2. The number of nitro groups is 1. The van der Waals surface area contributed by atoms with Crippen LogP contribution in [0.2, 0.25) is 0 Å². The fourth-order valence-corrected chi connectivity index (χ4v) is 3.94. The summed E-state index contributed by atoms with van der Waals surface area (Å²) in [6, 6.07) is 12.7. The summed E-state index contributed by atoms with van der Waals surface area (Å²) >= 11 is 0. The topological polar surface area (TPSA) is 83.8 Å². The number of benzene rings is 2. The average molecular weight is 363 g/mol. The van der Waals surface area contributed by atoms with Crippen molar-refractivity contribution in [2.45, 2.75) is 11.8 Å². The molecule has 0 amide bonds. The molecule has 0 aliphatic heterocycles. The second kappa shape index (κ2) is 7.62. The fraction of sp³-hybridized carbons (Fsp3) is 0.294. The molecule has 25 heavy (non-hydrogen) atoms. The largest absolute Gasteiger partial charge is 0.308 e. The Morgan fingerprint density at radius 3 is 2.20 bits per heavy atom. The normalized spacial score (nSPS) is 11.5. The van der Waals surface area contributed by atoms with Gasteiger partial charge in [0.05, 0.1) is 15.5 Å². The molecule has 0 radical (unpaired) electrons. The molecule has 2 aromatic carbocycles. The molecule has 0 saturated heterocycles. The lowest BCUT2D eigenvalue weighted by atomic mass is 10.2. The smallest absolute Gasteiger partial charge is 0.272 e. The number of likely N-dealkylation sites (N-methyl/N-ethyl adjacent to an activating group) is 1. The van der Waals surface area contributed by atoms with Crippen LogP contribution in [0.4, 0.5) is 11.4 Å². The Bertz CT molecular complexity index is 851. The lowest BCUT2D eigenvalue weighted by molar-refractivity contribution is -0.385. The van der Waals surface area contributed by atoms with Gasteiger partial charge in [-0.05, 0) is 45.3 Å². The minimum absolute atomic E-state index is 0.0400. The number of nitro benzene ring substituents is 1. The molecule has 0 heterocycles. The Balaban J connectivity index is 2.47. The van der Waals surface area contributed by atoms with Crippen molar-refractivity contribution < 1.29 is 13.3 Å². The molecule has 0 aromatic heterocycles. The number of rotatable bonds is 7. The maximum Gasteiger partial charge on any atom is 0.272 e. The van der Waals surface area contributed by atoms with Crippen molar-refractivity contribution in [3.63, 3.8) is 0 Å². The Hall–Kier alpha value is -2.45. The lowest BCUT2D eigenvalue weighted by Crippen LogP contribution is -2.36. The van der Waals surface area contributed by atoms with Gasteiger partial charge in [0.1, 0.15) is 0 Å². The predicted molar refractivity (Wildman–Crippen MR) is 97.4 cm³/mol. The molecule has 0 aliphatic carbocycles. The van der Waals surface area contributed by atoms with Crippen molar-refractivity contribution in [3.05, 3.63) is 64.2 Å². The highest BCUT2D eigenvalue weighted by Crippen LogP contribution is 2.27. The predicted octanol–water partition coefficient (Wildman–Crippen LogP) is 2.66. The Morgan fingerprint density at radius 2 is 1.68 bits per heavy atom. The molecule has 8 heteroatoms. The first-order chi connectivity index (χ1) is 11.7. The van der Waals surface area contributed by atoms with Gasteiger partial charge >= 0.3 is 0 Å². The van der Waals surface area contributed by atoms with Gasteiger partial charge in [-0.1, -0.05) is 18.2 Å². The van der Waals surface area contributed by atoms with Crippen molar-refractivity contribution in [2.75, 3.05) is 31.5 Å². The molecule has 0 fully saturated rings. The van der Waals surface area contributed by atoms with Crippen LogP contribution in [0.5, 0.6) is 0 Å². The third kappa shape index (κ3) is 4.34. The Morgan fingerprint density at radius 1 is 1.04 bits per heavy atom. The molecule has 0 atom stereocenters. The van der Waals surface area contributed by atoms with Gasteiger partial charge in [-0.25, -0.2) is 8.42 Å². The minimum atomic E-state index is -3.83. The van der Waals surface area contributed by atoms with Gasteiger partial charge < -0.3 is 4.90 Å². The molecule has 0 aliphatic rings. The second-order valence-electron chi connectivity index (χ2n) is 5.92. The molecule has 2 aromatic rings. The van der Waals surface area contributed by atoms with E-state index in [-0.39, 0.29) is 17.1 Å². The minimum Gasteiger partial charge on any atom is -0.308 e. The van der Waals surface area contributed by atoms with Crippen LogP contribution in [-0.2, 0) is 10.0 Å². The van der Waals surface area contributed by atoms with Crippen molar-refractivity contribution >= 4 is 21.4 Å². The van der Waals surface area contributed by atoms with E-state index in [9.17, 15) is 18.5 Å². The van der Waals surface area contributed by atoms with Crippen LogP contribution in [0.25, 0.3) is 0 Å². The molecule has 7 nitrogen and oxygen atoms in total. The first kappa shape index (κ1) is 18.9. The molecular formula is C17H21N3O4S. The van der Waals surface area contributed by atoms with E-state index in [1.54, 1.807) is 24.3 Å². The number of para-hydroxylation sites is 1. The summed E-state index contributed by atoms with van der Waals surface area (Å²) < 4.78 is 27.6. The maximum atomic E-state index is 13.1. The van der Waals surface area contributed by atoms with Crippen molar-refractivity contribution in [1.82, 2.24) is 4.90 Å². The van der Waals surface area contributed by atoms with E-state index in [2.05, 4.69) is 0 Å². The van der Waals surface area contributed by atoms with E-state index in [0.717, 1.165) is 0 Å². The van der Waals surface area contributed by atoms with Crippen molar-refractivity contribution in [2.24, 2.45) is 0 Å². The third-order valence-electron chi connectivity index (χ3n) is 3.75. The summed E-state index contributed by atoms with van der Waals surface area (Å²) in [6.45, 7) is 2.35. The maximum absolute atomic E-state index is 13.1.